The first-order chi connectivity index (χ1) is 15.6. The van der Waals surface area contributed by atoms with Crippen LogP contribution in [0.4, 0.5) is 10.1 Å². The normalized spacial score (nSPS) is 10.9. The van der Waals surface area contributed by atoms with Crippen molar-refractivity contribution in [2.75, 3.05) is 5.32 Å². The number of halogens is 1. The third kappa shape index (κ3) is 5.20. The molecular formula is C23H19FN6O2. The van der Waals surface area contributed by atoms with Gasteiger partial charge in [0.2, 0.25) is 5.91 Å². The van der Waals surface area contributed by atoms with Gasteiger partial charge in [-0.1, -0.05) is 18.2 Å². The lowest BCUT2D eigenvalue weighted by molar-refractivity contribution is -0.111. The van der Waals surface area contributed by atoms with Crippen molar-refractivity contribution in [2.45, 2.75) is 13.5 Å². The van der Waals surface area contributed by atoms with E-state index in [0.29, 0.717) is 23.9 Å². The van der Waals surface area contributed by atoms with Gasteiger partial charge in [0.15, 0.2) is 5.82 Å². The van der Waals surface area contributed by atoms with Crippen molar-refractivity contribution >= 4 is 17.7 Å². The minimum atomic E-state index is -0.501. The molecule has 160 valence electrons. The summed E-state index contributed by atoms with van der Waals surface area (Å²) in [6.45, 7) is 2.03. The molecule has 2 aromatic heterocycles. The molecule has 0 saturated heterocycles. The highest BCUT2D eigenvalue weighted by Crippen LogP contribution is 2.19. The summed E-state index contributed by atoms with van der Waals surface area (Å²) in [6.07, 6.45) is 4.79. The van der Waals surface area contributed by atoms with E-state index in [4.69, 9.17) is 4.74 Å². The Morgan fingerprint density at radius 1 is 1.16 bits per heavy atom. The highest BCUT2D eigenvalue weighted by molar-refractivity contribution is 6.02. The van der Waals surface area contributed by atoms with E-state index in [2.05, 4.69) is 25.8 Å². The first-order valence-electron chi connectivity index (χ1n) is 9.75. The Balaban J connectivity index is 1.36. The fourth-order valence-corrected chi connectivity index (χ4v) is 2.88. The summed E-state index contributed by atoms with van der Waals surface area (Å²) < 4.78 is 21.1. The number of carbonyl (C=O) groups excluding carboxylic acids is 1. The molecule has 0 bridgehead atoms. The molecule has 2 heterocycles. The molecule has 0 saturated carbocycles. The standard InChI is InChI=1S/C23H19FN6O2/c1-16-27-28-29-30(16)22-14-18(8-11-21(22)24)26-23(31)12-7-17-5-9-20(10-6-17)32-15-19-4-2-3-13-25-19/h2-14H,15H2,1H3,(H,26,31)/b12-7+. The second kappa shape index (κ2) is 9.61. The van der Waals surface area contributed by atoms with E-state index in [0.717, 1.165) is 11.3 Å². The van der Waals surface area contributed by atoms with Crippen molar-refractivity contribution < 1.29 is 13.9 Å². The number of anilines is 1. The van der Waals surface area contributed by atoms with Gasteiger partial charge < -0.3 is 10.1 Å². The van der Waals surface area contributed by atoms with Crippen LogP contribution in [0.25, 0.3) is 11.8 Å². The molecule has 1 N–H and O–H groups in total. The van der Waals surface area contributed by atoms with Gasteiger partial charge >= 0.3 is 0 Å². The van der Waals surface area contributed by atoms with Crippen LogP contribution >= 0.6 is 0 Å². The molecule has 0 aliphatic heterocycles. The van der Waals surface area contributed by atoms with Crippen LogP contribution in [0.15, 0.2) is 72.9 Å². The number of hydrogen-bond donors (Lipinski definition) is 1. The van der Waals surface area contributed by atoms with E-state index < -0.39 is 5.82 Å². The number of nitrogens with zero attached hydrogens (tertiary/aromatic N) is 5. The average molecular weight is 430 g/mol. The van der Waals surface area contributed by atoms with Crippen molar-refractivity contribution in [2.24, 2.45) is 0 Å². The molecule has 32 heavy (non-hydrogen) atoms. The molecule has 9 heteroatoms. The minimum Gasteiger partial charge on any atom is -0.487 e. The highest BCUT2D eigenvalue weighted by atomic mass is 19.1. The van der Waals surface area contributed by atoms with Crippen molar-refractivity contribution in [3.05, 3.63) is 95.8 Å². The zero-order valence-electron chi connectivity index (χ0n) is 17.1. The lowest BCUT2D eigenvalue weighted by Gasteiger charge is -2.07. The van der Waals surface area contributed by atoms with E-state index in [1.54, 1.807) is 19.2 Å². The van der Waals surface area contributed by atoms with Crippen molar-refractivity contribution in [3.8, 4) is 11.4 Å². The van der Waals surface area contributed by atoms with Gasteiger partial charge in [-0.05, 0) is 71.5 Å². The molecule has 4 aromatic rings. The maximum Gasteiger partial charge on any atom is 0.248 e. The number of aromatic nitrogens is 5. The predicted octanol–water partition coefficient (Wildman–Crippen LogP) is 3.74. The van der Waals surface area contributed by atoms with Gasteiger partial charge in [0.1, 0.15) is 23.9 Å². The first kappa shape index (κ1) is 20.9. The molecule has 8 nitrogen and oxygen atoms in total. The predicted molar refractivity (Wildman–Crippen MR) is 117 cm³/mol. The second-order valence-corrected chi connectivity index (χ2v) is 6.81. The lowest BCUT2D eigenvalue weighted by Crippen LogP contribution is -2.09. The Bertz CT molecular complexity index is 1240. The summed E-state index contributed by atoms with van der Waals surface area (Å²) in [5, 5.41) is 13.7. The maximum atomic E-state index is 14.1. The monoisotopic (exact) mass is 430 g/mol. The number of carbonyl (C=O) groups is 1. The number of nitrogens with one attached hydrogen (secondary N) is 1. The zero-order valence-corrected chi connectivity index (χ0v) is 17.1. The van der Waals surface area contributed by atoms with Crippen LogP contribution in [-0.2, 0) is 11.4 Å². The van der Waals surface area contributed by atoms with Gasteiger partial charge in [0.05, 0.1) is 5.69 Å². The summed E-state index contributed by atoms with van der Waals surface area (Å²) in [4.78, 5) is 16.5. The Labute approximate surface area is 183 Å². The summed E-state index contributed by atoms with van der Waals surface area (Å²) in [5.41, 5.74) is 2.24. The Kier molecular flexibility index (Phi) is 6.26. The third-order valence-electron chi connectivity index (χ3n) is 4.49. The third-order valence-corrected chi connectivity index (χ3v) is 4.49. The van der Waals surface area contributed by atoms with Crippen LogP contribution in [0.3, 0.4) is 0 Å². The molecule has 4 rings (SSSR count). The van der Waals surface area contributed by atoms with Crippen LogP contribution in [0.5, 0.6) is 5.75 Å². The van der Waals surface area contributed by atoms with Crippen LogP contribution in [-0.4, -0.2) is 31.1 Å². The molecule has 0 spiro atoms. The van der Waals surface area contributed by atoms with Crippen LogP contribution in [0.1, 0.15) is 17.1 Å². The van der Waals surface area contributed by atoms with Crippen LogP contribution in [0, 0.1) is 12.7 Å². The van der Waals surface area contributed by atoms with Crippen molar-refractivity contribution in [1.29, 1.82) is 0 Å². The average Bonchev–Trinajstić information content (AvgIpc) is 3.24. The molecule has 0 aliphatic carbocycles. The zero-order chi connectivity index (χ0) is 22.3. The number of tetrazole rings is 1. The van der Waals surface area contributed by atoms with Crippen LogP contribution < -0.4 is 10.1 Å². The van der Waals surface area contributed by atoms with E-state index in [9.17, 15) is 9.18 Å². The number of amides is 1. The largest absolute Gasteiger partial charge is 0.487 e. The molecular weight excluding hydrogens is 411 g/mol. The number of pyridine rings is 1. The smallest absolute Gasteiger partial charge is 0.248 e. The maximum absolute atomic E-state index is 14.1. The minimum absolute atomic E-state index is 0.149. The second-order valence-electron chi connectivity index (χ2n) is 6.81. The van der Waals surface area contributed by atoms with E-state index in [-0.39, 0.29) is 11.6 Å². The molecule has 2 aromatic carbocycles. The molecule has 0 aliphatic rings. The quantitative estimate of drug-likeness (QED) is 0.449. The number of rotatable bonds is 7. The van der Waals surface area contributed by atoms with E-state index in [1.807, 2.05) is 42.5 Å². The van der Waals surface area contributed by atoms with Gasteiger partial charge in [-0.15, -0.1) is 5.10 Å². The van der Waals surface area contributed by atoms with E-state index >= 15 is 0 Å². The van der Waals surface area contributed by atoms with Crippen molar-refractivity contribution in [1.82, 2.24) is 25.2 Å². The fourth-order valence-electron chi connectivity index (χ4n) is 2.88. The highest BCUT2D eigenvalue weighted by Gasteiger charge is 2.11. The van der Waals surface area contributed by atoms with Gasteiger partial charge in [-0.3, -0.25) is 9.78 Å². The summed E-state index contributed by atoms with van der Waals surface area (Å²) >= 11 is 0. The SMILES string of the molecule is Cc1nnnn1-c1cc(NC(=O)/C=C/c2ccc(OCc3ccccn3)cc2)ccc1F. The molecule has 0 radical (unpaired) electrons. The van der Waals surface area contributed by atoms with Gasteiger partial charge in [0, 0.05) is 18.0 Å². The summed E-state index contributed by atoms with van der Waals surface area (Å²) in [5.74, 6) is 0.277. The topological polar surface area (TPSA) is 94.8 Å². The number of aryl methyl sites for hydroxylation is 1. The Hall–Kier alpha value is -4.40. The van der Waals surface area contributed by atoms with Gasteiger partial charge in [-0.2, -0.15) is 4.68 Å². The number of ether oxygens (including phenoxy) is 1. The summed E-state index contributed by atoms with van der Waals surface area (Å²) in [7, 11) is 0. The van der Waals surface area contributed by atoms with E-state index in [1.165, 1.54) is 29.0 Å². The molecule has 0 fully saturated rings. The van der Waals surface area contributed by atoms with Gasteiger partial charge in [-0.25, -0.2) is 4.39 Å². The Morgan fingerprint density at radius 3 is 2.72 bits per heavy atom. The summed E-state index contributed by atoms with van der Waals surface area (Å²) in [6, 6.07) is 17.2. The number of hydrogen-bond acceptors (Lipinski definition) is 6. The Morgan fingerprint density at radius 2 is 2.00 bits per heavy atom. The first-order valence-corrected chi connectivity index (χ1v) is 9.75. The molecule has 0 unspecified atom stereocenters. The number of benzene rings is 2. The molecule has 1 amide bonds. The van der Waals surface area contributed by atoms with Gasteiger partial charge in [0.25, 0.3) is 0 Å². The van der Waals surface area contributed by atoms with Crippen molar-refractivity contribution in [3.63, 3.8) is 0 Å². The van der Waals surface area contributed by atoms with Crippen LogP contribution in [0.2, 0.25) is 0 Å². The fraction of sp³-hybridized carbons (Fsp3) is 0.0870. The lowest BCUT2D eigenvalue weighted by atomic mass is 10.2. The molecule has 0 atom stereocenters.